The van der Waals surface area contributed by atoms with Gasteiger partial charge in [-0.1, -0.05) is 31.2 Å². The van der Waals surface area contributed by atoms with Crippen molar-refractivity contribution in [3.63, 3.8) is 0 Å². The molecule has 0 unspecified atom stereocenters. The van der Waals surface area contributed by atoms with E-state index in [0.29, 0.717) is 5.92 Å². The van der Waals surface area contributed by atoms with Gasteiger partial charge in [-0.2, -0.15) is 0 Å². The fourth-order valence-corrected chi connectivity index (χ4v) is 2.23. The van der Waals surface area contributed by atoms with Gasteiger partial charge in [0, 0.05) is 0 Å². The van der Waals surface area contributed by atoms with Crippen molar-refractivity contribution < 1.29 is 9.53 Å². The van der Waals surface area contributed by atoms with Crippen LogP contribution in [0.4, 0.5) is 0 Å². The molecule has 0 saturated carbocycles. The molecule has 1 aliphatic carbocycles. The van der Waals surface area contributed by atoms with Crippen LogP contribution in [0, 0.1) is 5.92 Å². The molecule has 0 amide bonds. The van der Waals surface area contributed by atoms with E-state index in [1.807, 2.05) is 12.1 Å². The van der Waals surface area contributed by atoms with E-state index < -0.39 is 0 Å². The van der Waals surface area contributed by atoms with Gasteiger partial charge in [0.05, 0.1) is 13.0 Å². The number of hydrogen-bond acceptors (Lipinski definition) is 2. The Bertz CT molecular complexity index is 357. The van der Waals surface area contributed by atoms with Crippen molar-refractivity contribution in [1.29, 1.82) is 0 Å². The van der Waals surface area contributed by atoms with E-state index in [0.717, 1.165) is 6.42 Å². The molecule has 0 saturated heterocycles. The summed E-state index contributed by atoms with van der Waals surface area (Å²) in [7, 11) is 1.46. The van der Waals surface area contributed by atoms with Gasteiger partial charge in [-0.15, -0.1) is 0 Å². The van der Waals surface area contributed by atoms with Crippen LogP contribution < -0.4 is 0 Å². The molecule has 0 spiro atoms. The Morgan fingerprint density at radius 3 is 2.79 bits per heavy atom. The Balaban J connectivity index is 2.30. The third kappa shape index (κ3) is 1.31. The zero-order chi connectivity index (χ0) is 10.1. The molecule has 2 atom stereocenters. The maximum atomic E-state index is 11.5. The maximum absolute atomic E-state index is 11.5. The monoisotopic (exact) mass is 190 g/mol. The van der Waals surface area contributed by atoms with Gasteiger partial charge in [0.2, 0.25) is 0 Å². The minimum atomic E-state index is -0.0892. The standard InChI is InChI=1S/C12H14O2/c1-8-10-6-4-3-5-9(10)7-11(8)12(13)14-2/h3-6,8,11H,7H2,1-2H3/t8-,11+/m0/s1. The number of fused-ring (bicyclic) bond motifs is 1. The van der Waals surface area contributed by atoms with E-state index in [9.17, 15) is 4.79 Å². The van der Waals surface area contributed by atoms with E-state index in [1.165, 1.54) is 18.2 Å². The molecule has 74 valence electrons. The number of benzene rings is 1. The summed E-state index contributed by atoms with van der Waals surface area (Å²) in [5, 5.41) is 0. The molecular formula is C12H14O2. The first-order valence-electron chi connectivity index (χ1n) is 4.89. The van der Waals surface area contributed by atoms with E-state index in [1.54, 1.807) is 0 Å². The van der Waals surface area contributed by atoms with E-state index in [4.69, 9.17) is 4.74 Å². The van der Waals surface area contributed by atoms with Crippen LogP contribution in [0.1, 0.15) is 24.0 Å². The SMILES string of the molecule is COC(=O)[C@@H]1Cc2ccccc2[C@@H]1C. The minimum Gasteiger partial charge on any atom is -0.469 e. The summed E-state index contributed by atoms with van der Waals surface area (Å²) in [6, 6.07) is 8.23. The van der Waals surface area contributed by atoms with E-state index in [-0.39, 0.29) is 11.9 Å². The highest BCUT2D eigenvalue weighted by molar-refractivity contribution is 5.75. The molecule has 0 fully saturated rings. The van der Waals surface area contributed by atoms with Gasteiger partial charge in [0.15, 0.2) is 0 Å². The highest BCUT2D eigenvalue weighted by Crippen LogP contribution is 2.37. The summed E-state index contributed by atoms with van der Waals surface area (Å²) < 4.78 is 4.80. The fraction of sp³-hybridized carbons (Fsp3) is 0.417. The normalized spacial score (nSPS) is 24.4. The first-order chi connectivity index (χ1) is 6.74. The summed E-state index contributed by atoms with van der Waals surface area (Å²) >= 11 is 0. The van der Waals surface area contributed by atoms with Crippen molar-refractivity contribution in [2.45, 2.75) is 19.3 Å². The van der Waals surface area contributed by atoms with Gasteiger partial charge < -0.3 is 4.74 Å². The van der Waals surface area contributed by atoms with Crippen LogP contribution >= 0.6 is 0 Å². The first-order valence-corrected chi connectivity index (χ1v) is 4.89. The van der Waals surface area contributed by atoms with Crippen molar-refractivity contribution >= 4 is 5.97 Å². The smallest absolute Gasteiger partial charge is 0.309 e. The Hall–Kier alpha value is -1.31. The molecule has 1 aliphatic rings. The number of hydrogen-bond donors (Lipinski definition) is 0. The van der Waals surface area contributed by atoms with E-state index in [2.05, 4.69) is 19.1 Å². The molecule has 0 aromatic heterocycles. The molecule has 0 radical (unpaired) electrons. The van der Waals surface area contributed by atoms with Gasteiger partial charge in [-0.25, -0.2) is 0 Å². The number of methoxy groups -OCH3 is 1. The third-order valence-corrected chi connectivity index (χ3v) is 3.09. The van der Waals surface area contributed by atoms with Crippen molar-refractivity contribution in [3.8, 4) is 0 Å². The molecule has 2 nitrogen and oxygen atoms in total. The van der Waals surface area contributed by atoms with Crippen molar-refractivity contribution in [3.05, 3.63) is 35.4 Å². The van der Waals surface area contributed by atoms with Gasteiger partial charge >= 0.3 is 5.97 Å². The van der Waals surface area contributed by atoms with Crippen LogP contribution in [0.3, 0.4) is 0 Å². The molecule has 2 rings (SSSR count). The molecule has 0 aliphatic heterocycles. The Morgan fingerprint density at radius 2 is 2.14 bits per heavy atom. The number of esters is 1. The number of carbonyl (C=O) groups excluding carboxylic acids is 1. The summed E-state index contributed by atoms with van der Waals surface area (Å²) in [6.07, 6.45) is 0.823. The van der Waals surface area contributed by atoms with Crippen LogP contribution in [-0.4, -0.2) is 13.1 Å². The van der Waals surface area contributed by atoms with Gasteiger partial charge in [-0.05, 0) is 23.5 Å². The molecular weight excluding hydrogens is 176 g/mol. The summed E-state index contributed by atoms with van der Waals surface area (Å²) in [6.45, 7) is 2.09. The van der Waals surface area contributed by atoms with Gasteiger partial charge in [0.1, 0.15) is 0 Å². The molecule has 0 N–H and O–H groups in total. The average molecular weight is 190 g/mol. The summed E-state index contributed by atoms with van der Waals surface area (Å²) in [5.74, 6) is 0.213. The first kappa shape index (κ1) is 9.25. The van der Waals surface area contributed by atoms with Crippen molar-refractivity contribution in [1.82, 2.24) is 0 Å². The van der Waals surface area contributed by atoms with Crippen LogP contribution in [0.5, 0.6) is 0 Å². The molecule has 1 aromatic carbocycles. The number of rotatable bonds is 1. The lowest BCUT2D eigenvalue weighted by molar-refractivity contribution is -0.145. The molecule has 0 heterocycles. The lowest BCUT2D eigenvalue weighted by Gasteiger charge is -2.12. The third-order valence-electron chi connectivity index (χ3n) is 3.09. The zero-order valence-corrected chi connectivity index (χ0v) is 8.49. The number of carbonyl (C=O) groups is 1. The lowest BCUT2D eigenvalue weighted by Crippen LogP contribution is -2.18. The van der Waals surface area contributed by atoms with Crippen LogP contribution in [-0.2, 0) is 16.0 Å². The highest BCUT2D eigenvalue weighted by Gasteiger charge is 2.34. The quantitative estimate of drug-likeness (QED) is 0.634. The second kappa shape index (κ2) is 3.45. The highest BCUT2D eigenvalue weighted by atomic mass is 16.5. The van der Waals surface area contributed by atoms with Crippen LogP contribution in [0.15, 0.2) is 24.3 Å². The Morgan fingerprint density at radius 1 is 1.43 bits per heavy atom. The topological polar surface area (TPSA) is 26.3 Å². The van der Waals surface area contributed by atoms with Crippen molar-refractivity contribution in [2.24, 2.45) is 5.92 Å². The Labute approximate surface area is 83.9 Å². The molecule has 0 bridgehead atoms. The average Bonchev–Trinajstić information content (AvgIpc) is 2.56. The van der Waals surface area contributed by atoms with Gasteiger partial charge in [0.25, 0.3) is 0 Å². The largest absolute Gasteiger partial charge is 0.469 e. The van der Waals surface area contributed by atoms with Crippen LogP contribution in [0.25, 0.3) is 0 Å². The zero-order valence-electron chi connectivity index (χ0n) is 8.49. The Kier molecular flexibility index (Phi) is 2.28. The predicted octanol–water partition coefficient (Wildman–Crippen LogP) is 2.14. The molecule has 14 heavy (non-hydrogen) atoms. The van der Waals surface area contributed by atoms with Gasteiger partial charge in [-0.3, -0.25) is 4.79 Å². The minimum absolute atomic E-state index is 0.0115. The fourth-order valence-electron chi connectivity index (χ4n) is 2.23. The second-order valence-electron chi connectivity index (χ2n) is 3.82. The summed E-state index contributed by atoms with van der Waals surface area (Å²) in [4.78, 5) is 11.5. The predicted molar refractivity (Wildman–Crippen MR) is 54.1 cm³/mol. The summed E-state index contributed by atoms with van der Waals surface area (Å²) in [5.41, 5.74) is 2.58. The molecule has 1 aromatic rings. The van der Waals surface area contributed by atoms with E-state index >= 15 is 0 Å². The van der Waals surface area contributed by atoms with Crippen molar-refractivity contribution in [2.75, 3.05) is 7.11 Å². The molecule has 2 heteroatoms. The maximum Gasteiger partial charge on any atom is 0.309 e. The van der Waals surface area contributed by atoms with Crippen LogP contribution in [0.2, 0.25) is 0 Å². The lowest BCUT2D eigenvalue weighted by atomic mass is 9.95. The number of ether oxygens (including phenoxy) is 1. The second-order valence-corrected chi connectivity index (χ2v) is 3.82.